The Hall–Kier alpha value is -1.82. The van der Waals surface area contributed by atoms with Crippen molar-refractivity contribution in [3.63, 3.8) is 0 Å². The molecule has 2 aromatic heterocycles. The van der Waals surface area contributed by atoms with Crippen molar-refractivity contribution in [3.05, 3.63) is 23.4 Å². The third-order valence-corrected chi connectivity index (χ3v) is 2.92. The predicted octanol–water partition coefficient (Wildman–Crippen LogP) is 1.99. The molecule has 1 unspecified atom stereocenters. The van der Waals surface area contributed by atoms with Gasteiger partial charge in [-0.05, 0) is 18.1 Å². The number of rotatable bonds is 4. The summed E-state index contributed by atoms with van der Waals surface area (Å²) in [5, 5.41) is 7.76. The zero-order valence-corrected chi connectivity index (χ0v) is 11.7. The maximum Gasteiger partial charge on any atom is 0.328 e. The van der Waals surface area contributed by atoms with Crippen LogP contribution in [0, 0.1) is 5.92 Å². The summed E-state index contributed by atoms with van der Waals surface area (Å²) in [7, 11) is 1.36. The van der Waals surface area contributed by atoms with E-state index in [9.17, 15) is 4.79 Å². The summed E-state index contributed by atoms with van der Waals surface area (Å²) in [6.07, 6.45) is 1.65. The molecule has 1 N–H and O–H groups in total. The fraction of sp³-hybridized carbons (Fsp3) is 0.417. The second kappa shape index (κ2) is 5.44. The molecule has 0 bridgehead atoms. The third kappa shape index (κ3) is 2.96. The smallest absolute Gasteiger partial charge is 0.328 e. The largest absolute Gasteiger partial charge is 0.467 e. The number of ether oxygens (including phenoxy) is 1. The van der Waals surface area contributed by atoms with Gasteiger partial charge in [0.05, 0.1) is 12.1 Å². The lowest BCUT2D eigenvalue weighted by Gasteiger charge is -2.18. The number of esters is 1. The minimum absolute atomic E-state index is 0.0580. The van der Waals surface area contributed by atoms with Gasteiger partial charge in [0.2, 0.25) is 5.95 Å². The van der Waals surface area contributed by atoms with Crippen LogP contribution in [-0.4, -0.2) is 33.7 Å². The highest BCUT2D eigenvalue weighted by Crippen LogP contribution is 2.14. The summed E-state index contributed by atoms with van der Waals surface area (Å²) < 4.78 is 6.31. The van der Waals surface area contributed by atoms with E-state index >= 15 is 0 Å². The summed E-state index contributed by atoms with van der Waals surface area (Å²) in [6.45, 7) is 3.84. The Morgan fingerprint density at radius 2 is 2.21 bits per heavy atom. The zero-order valence-electron chi connectivity index (χ0n) is 10.9. The van der Waals surface area contributed by atoms with Crippen molar-refractivity contribution in [1.29, 1.82) is 0 Å². The summed E-state index contributed by atoms with van der Waals surface area (Å²) in [4.78, 5) is 15.9. The van der Waals surface area contributed by atoms with Crippen molar-refractivity contribution in [3.8, 4) is 0 Å². The van der Waals surface area contributed by atoms with Crippen LogP contribution < -0.4 is 5.32 Å². The van der Waals surface area contributed by atoms with Crippen molar-refractivity contribution >= 4 is 29.2 Å². The quantitative estimate of drug-likeness (QED) is 0.869. The van der Waals surface area contributed by atoms with Gasteiger partial charge in [-0.2, -0.15) is 4.98 Å². The van der Waals surface area contributed by atoms with E-state index in [4.69, 9.17) is 16.3 Å². The fourth-order valence-electron chi connectivity index (χ4n) is 1.68. The van der Waals surface area contributed by atoms with E-state index in [1.807, 2.05) is 13.8 Å². The van der Waals surface area contributed by atoms with Crippen LogP contribution in [0.15, 0.2) is 18.3 Å². The molecule has 19 heavy (non-hydrogen) atoms. The van der Waals surface area contributed by atoms with Crippen LogP contribution in [0.2, 0.25) is 5.02 Å². The summed E-state index contributed by atoms with van der Waals surface area (Å²) >= 11 is 5.87. The molecular formula is C12H15ClN4O2. The average molecular weight is 283 g/mol. The van der Waals surface area contributed by atoms with Gasteiger partial charge >= 0.3 is 5.97 Å². The first-order valence-electron chi connectivity index (χ1n) is 5.87. The number of pyridine rings is 1. The fourth-order valence-corrected chi connectivity index (χ4v) is 1.84. The number of methoxy groups -OCH3 is 1. The normalized spacial score (nSPS) is 12.7. The molecule has 0 aliphatic rings. The van der Waals surface area contributed by atoms with Crippen LogP contribution in [0.4, 0.5) is 5.95 Å². The van der Waals surface area contributed by atoms with Crippen LogP contribution in [0.25, 0.3) is 5.65 Å². The van der Waals surface area contributed by atoms with Gasteiger partial charge in [0.15, 0.2) is 5.65 Å². The first kappa shape index (κ1) is 13.6. The van der Waals surface area contributed by atoms with Gasteiger partial charge in [-0.15, -0.1) is 5.10 Å². The molecule has 0 radical (unpaired) electrons. The van der Waals surface area contributed by atoms with Crippen LogP contribution >= 0.6 is 11.6 Å². The van der Waals surface area contributed by atoms with Gasteiger partial charge in [0.1, 0.15) is 6.04 Å². The van der Waals surface area contributed by atoms with Crippen molar-refractivity contribution in [2.75, 3.05) is 12.4 Å². The molecule has 0 spiro atoms. The Labute approximate surface area is 115 Å². The summed E-state index contributed by atoms with van der Waals surface area (Å²) in [5.74, 6) is 0.0842. The van der Waals surface area contributed by atoms with E-state index in [2.05, 4.69) is 15.4 Å². The number of anilines is 1. The molecule has 0 aliphatic heterocycles. The predicted molar refractivity (Wildman–Crippen MR) is 72.3 cm³/mol. The van der Waals surface area contributed by atoms with Gasteiger partial charge in [-0.3, -0.25) is 0 Å². The highest BCUT2D eigenvalue weighted by molar-refractivity contribution is 6.30. The van der Waals surface area contributed by atoms with Gasteiger partial charge in [-0.1, -0.05) is 25.4 Å². The second-order valence-corrected chi connectivity index (χ2v) is 4.91. The Morgan fingerprint density at radius 3 is 2.84 bits per heavy atom. The number of carbonyl (C=O) groups excluding carboxylic acids is 1. The van der Waals surface area contributed by atoms with E-state index in [0.717, 1.165) is 0 Å². The van der Waals surface area contributed by atoms with Crippen molar-refractivity contribution in [1.82, 2.24) is 14.6 Å². The Balaban J connectivity index is 2.26. The van der Waals surface area contributed by atoms with E-state index in [1.165, 1.54) is 7.11 Å². The third-order valence-electron chi connectivity index (χ3n) is 2.70. The van der Waals surface area contributed by atoms with Crippen LogP contribution in [0.5, 0.6) is 0 Å². The van der Waals surface area contributed by atoms with E-state index in [1.54, 1.807) is 22.8 Å². The van der Waals surface area contributed by atoms with Gasteiger partial charge in [0.25, 0.3) is 0 Å². The first-order chi connectivity index (χ1) is 9.01. The van der Waals surface area contributed by atoms with Crippen LogP contribution in [-0.2, 0) is 9.53 Å². The molecule has 2 rings (SSSR count). The van der Waals surface area contributed by atoms with Crippen molar-refractivity contribution in [2.45, 2.75) is 19.9 Å². The Kier molecular flexibility index (Phi) is 3.90. The lowest BCUT2D eigenvalue weighted by molar-refractivity contribution is -0.142. The SMILES string of the molecule is COC(=O)C(Nc1nc2ccc(Cl)cn2n1)C(C)C. The maximum atomic E-state index is 11.7. The maximum absolute atomic E-state index is 11.7. The standard InChI is InChI=1S/C12H15ClN4O2/c1-7(2)10(11(18)19-3)15-12-14-9-5-4-8(13)6-17(9)16-12/h4-7,10H,1-3H3,(H,15,16). The average Bonchev–Trinajstić information content (AvgIpc) is 2.76. The highest BCUT2D eigenvalue weighted by atomic mass is 35.5. The molecule has 6 nitrogen and oxygen atoms in total. The number of aromatic nitrogens is 3. The van der Waals surface area contributed by atoms with Crippen molar-refractivity contribution < 1.29 is 9.53 Å². The molecule has 0 saturated heterocycles. The molecule has 0 aliphatic carbocycles. The minimum atomic E-state index is -0.488. The van der Waals surface area contributed by atoms with Gasteiger partial charge < -0.3 is 10.1 Å². The minimum Gasteiger partial charge on any atom is -0.467 e. The molecule has 0 fully saturated rings. The number of halogens is 1. The lowest BCUT2D eigenvalue weighted by atomic mass is 10.1. The van der Waals surface area contributed by atoms with Crippen LogP contribution in [0.1, 0.15) is 13.8 Å². The van der Waals surface area contributed by atoms with Crippen molar-refractivity contribution in [2.24, 2.45) is 5.92 Å². The number of hydrogen-bond acceptors (Lipinski definition) is 5. The second-order valence-electron chi connectivity index (χ2n) is 4.47. The van der Waals surface area contributed by atoms with Gasteiger partial charge in [-0.25, -0.2) is 9.31 Å². The van der Waals surface area contributed by atoms with Gasteiger partial charge in [0, 0.05) is 6.20 Å². The topological polar surface area (TPSA) is 68.5 Å². The lowest BCUT2D eigenvalue weighted by Crippen LogP contribution is -2.35. The monoisotopic (exact) mass is 282 g/mol. The summed E-state index contributed by atoms with van der Waals surface area (Å²) in [6, 6.07) is 3.00. The number of carbonyl (C=O) groups is 1. The molecule has 1 atom stereocenters. The number of hydrogen-bond donors (Lipinski definition) is 1. The molecule has 102 valence electrons. The molecule has 0 aromatic carbocycles. The number of fused-ring (bicyclic) bond motifs is 1. The Morgan fingerprint density at radius 1 is 1.47 bits per heavy atom. The zero-order chi connectivity index (χ0) is 14.0. The van der Waals surface area contributed by atoms with E-state index < -0.39 is 6.04 Å². The highest BCUT2D eigenvalue weighted by Gasteiger charge is 2.24. The van der Waals surface area contributed by atoms with E-state index in [0.29, 0.717) is 16.6 Å². The molecular weight excluding hydrogens is 268 g/mol. The molecule has 0 amide bonds. The molecule has 2 heterocycles. The Bertz CT molecular complexity index is 596. The number of nitrogens with one attached hydrogen (secondary N) is 1. The van der Waals surface area contributed by atoms with Crippen LogP contribution in [0.3, 0.4) is 0 Å². The molecule has 2 aromatic rings. The van der Waals surface area contributed by atoms with E-state index in [-0.39, 0.29) is 11.9 Å². The molecule has 7 heteroatoms. The number of nitrogens with zero attached hydrogens (tertiary/aromatic N) is 3. The first-order valence-corrected chi connectivity index (χ1v) is 6.25. The summed E-state index contributed by atoms with van der Waals surface area (Å²) in [5.41, 5.74) is 0.652. The molecule has 0 saturated carbocycles.